The second-order valence-corrected chi connectivity index (χ2v) is 8.81. The van der Waals surface area contributed by atoms with E-state index in [0.29, 0.717) is 18.1 Å². The van der Waals surface area contributed by atoms with Gasteiger partial charge in [0.15, 0.2) is 0 Å². The summed E-state index contributed by atoms with van der Waals surface area (Å²) >= 11 is 0. The van der Waals surface area contributed by atoms with Crippen LogP contribution < -0.4 is 0 Å². The Balaban J connectivity index is 1.50. The quantitative estimate of drug-likeness (QED) is 0.342. The predicted molar refractivity (Wildman–Crippen MR) is 109 cm³/mol. The second-order valence-electron chi connectivity index (χ2n) is 8.81. The van der Waals surface area contributed by atoms with Crippen molar-refractivity contribution in [2.75, 3.05) is 0 Å². The van der Waals surface area contributed by atoms with Crippen molar-refractivity contribution >= 4 is 0 Å². The van der Waals surface area contributed by atoms with Gasteiger partial charge in [-0.15, -0.1) is 0 Å². The minimum atomic E-state index is -5.06. The summed E-state index contributed by atoms with van der Waals surface area (Å²) < 4.78 is 65.0. The van der Waals surface area contributed by atoms with E-state index in [1.54, 1.807) is 6.08 Å². The Morgan fingerprint density at radius 3 is 1.93 bits per heavy atom. The zero-order valence-electron chi connectivity index (χ0n) is 17.4. The van der Waals surface area contributed by atoms with Gasteiger partial charge >= 0.3 is 6.18 Å². The van der Waals surface area contributed by atoms with Crippen LogP contribution >= 0.6 is 0 Å². The van der Waals surface area contributed by atoms with Gasteiger partial charge in [0.05, 0.1) is 0 Å². The predicted octanol–water partition coefficient (Wildman–Crippen LogP) is 7.91. The summed E-state index contributed by atoms with van der Waals surface area (Å²) in [5.41, 5.74) is -1.97. The van der Waals surface area contributed by atoms with E-state index in [1.807, 2.05) is 6.08 Å². The molecule has 0 spiro atoms. The van der Waals surface area contributed by atoms with Crippen LogP contribution in [-0.2, 0) is 6.18 Å². The van der Waals surface area contributed by atoms with Crippen molar-refractivity contribution in [1.82, 2.24) is 0 Å². The first-order valence-electron chi connectivity index (χ1n) is 11.0. The molecule has 164 valence electrons. The summed E-state index contributed by atoms with van der Waals surface area (Å²) in [6.45, 7) is 2.29. The molecule has 2 saturated carbocycles. The molecule has 0 bridgehead atoms. The number of hydrogen-bond acceptors (Lipinski definition) is 0. The molecule has 2 aliphatic rings. The highest BCUT2D eigenvalue weighted by Gasteiger charge is 2.37. The number of rotatable bonds is 3. The first-order chi connectivity index (χ1) is 14.3. The zero-order valence-corrected chi connectivity index (χ0v) is 17.4. The fourth-order valence-corrected chi connectivity index (χ4v) is 5.10. The maximum absolute atomic E-state index is 13.6. The average molecular weight is 424 g/mol. The normalized spacial score (nSPS) is 27.7. The summed E-state index contributed by atoms with van der Waals surface area (Å²) in [7, 11) is 0. The molecule has 0 saturated heterocycles. The maximum Gasteiger partial charge on any atom is 0.422 e. The maximum atomic E-state index is 13.6. The minimum absolute atomic E-state index is 0.103. The largest absolute Gasteiger partial charge is 0.422 e. The standard InChI is InChI=1S/C25H29F5/c1-2-17-7-11-20(12-8-17)21-13-9-18(10-14-21)5-3-4-6-19-15-22(26)24(23(27)16-19)25(28,29)30/h3,5,15-18,20-21H,2,7-14H2,1H3/b5-3+/t17-,18?,20-,21?. The van der Waals surface area contributed by atoms with Gasteiger partial charge in [0.25, 0.3) is 0 Å². The Hall–Kier alpha value is -1.83. The van der Waals surface area contributed by atoms with E-state index in [4.69, 9.17) is 0 Å². The molecule has 0 nitrogen and oxygen atoms in total. The number of alkyl halides is 3. The van der Waals surface area contributed by atoms with E-state index in [0.717, 1.165) is 30.6 Å². The molecule has 0 radical (unpaired) electrons. The molecule has 2 aliphatic carbocycles. The Morgan fingerprint density at radius 2 is 1.43 bits per heavy atom. The molecule has 0 heterocycles. The van der Waals surface area contributed by atoms with Gasteiger partial charge in [-0.1, -0.05) is 44.1 Å². The van der Waals surface area contributed by atoms with Crippen LogP contribution in [0.15, 0.2) is 24.3 Å². The minimum Gasteiger partial charge on any atom is -0.206 e. The molecule has 30 heavy (non-hydrogen) atoms. The molecule has 0 unspecified atom stereocenters. The third-order valence-electron chi connectivity index (χ3n) is 6.95. The molecule has 0 atom stereocenters. The third kappa shape index (κ3) is 5.86. The molecular formula is C25H29F5. The van der Waals surface area contributed by atoms with Crippen LogP contribution in [0.25, 0.3) is 0 Å². The fraction of sp³-hybridized carbons (Fsp3) is 0.600. The molecule has 0 aromatic heterocycles. The van der Waals surface area contributed by atoms with Crippen molar-refractivity contribution in [3.8, 4) is 11.8 Å². The summed E-state index contributed by atoms with van der Waals surface area (Å²) in [5.74, 6) is 5.04. The molecular weight excluding hydrogens is 395 g/mol. The summed E-state index contributed by atoms with van der Waals surface area (Å²) in [5, 5.41) is 0. The number of benzene rings is 1. The van der Waals surface area contributed by atoms with Gasteiger partial charge in [-0.05, 0) is 80.4 Å². The second kappa shape index (κ2) is 9.98. The highest BCUT2D eigenvalue weighted by atomic mass is 19.4. The lowest BCUT2D eigenvalue weighted by Gasteiger charge is -2.37. The summed E-state index contributed by atoms with van der Waals surface area (Å²) in [6.07, 6.45) is 10.1. The number of hydrogen-bond donors (Lipinski definition) is 0. The van der Waals surface area contributed by atoms with E-state index in [2.05, 4.69) is 18.8 Å². The highest BCUT2D eigenvalue weighted by Crippen LogP contribution is 2.42. The van der Waals surface area contributed by atoms with Crippen molar-refractivity contribution in [3.05, 3.63) is 47.0 Å². The molecule has 0 N–H and O–H groups in total. The fourth-order valence-electron chi connectivity index (χ4n) is 5.10. The van der Waals surface area contributed by atoms with Crippen molar-refractivity contribution in [1.29, 1.82) is 0 Å². The molecule has 1 aromatic carbocycles. The lowest BCUT2D eigenvalue weighted by atomic mass is 9.69. The third-order valence-corrected chi connectivity index (χ3v) is 6.95. The monoisotopic (exact) mass is 424 g/mol. The van der Waals surface area contributed by atoms with Gasteiger partial charge in [0.1, 0.15) is 17.2 Å². The Morgan fingerprint density at radius 1 is 0.900 bits per heavy atom. The SMILES string of the molecule is CC[C@H]1CC[C@H](C2CCC(/C=C/C#Cc3cc(F)c(C(F)(F)F)c(F)c3)CC2)CC1. The van der Waals surface area contributed by atoms with Crippen molar-refractivity contribution in [2.24, 2.45) is 23.7 Å². The van der Waals surface area contributed by atoms with E-state index >= 15 is 0 Å². The first kappa shape index (κ1) is 22.8. The number of allylic oxidation sites excluding steroid dienone is 2. The van der Waals surface area contributed by atoms with Crippen molar-refractivity contribution in [2.45, 2.75) is 70.9 Å². The van der Waals surface area contributed by atoms with Gasteiger partial charge in [0, 0.05) is 5.56 Å². The van der Waals surface area contributed by atoms with Crippen LogP contribution in [0.3, 0.4) is 0 Å². The first-order valence-corrected chi connectivity index (χ1v) is 11.0. The average Bonchev–Trinajstić information content (AvgIpc) is 2.70. The molecule has 1 aromatic rings. The lowest BCUT2D eigenvalue weighted by molar-refractivity contribution is -0.142. The number of halogens is 5. The van der Waals surface area contributed by atoms with Crippen molar-refractivity contribution in [3.63, 3.8) is 0 Å². The van der Waals surface area contributed by atoms with Gasteiger partial charge in [-0.3, -0.25) is 0 Å². The lowest BCUT2D eigenvalue weighted by Crippen LogP contribution is -2.25. The van der Waals surface area contributed by atoms with E-state index in [-0.39, 0.29) is 5.56 Å². The molecule has 5 heteroatoms. The Labute approximate surface area is 175 Å². The van der Waals surface area contributed by atoms with E-state index < -0.39 is 23.4 Å². The van der Waals surface area contributed by atoms with Gasteiger partial charge in [0.2, 0.25) is 0 Å². The topological polar surface area (TPSA) is 0 Å². The summed E-state index contributed by atoms with van der Waals surface area (Å²) in [6, 6.07) is 1.26. The van der Waals surface area contributed by atoms with Crippen LogP contribution in [0.4, 0.5) is 22.0 Å². The van der Waals surface area contributed by atoms with Crippen LogP contribution in [0, 0.1) is 47.1 Å². The van der Waals surface area contributed by atoms with Gasteiger partial charge in [-0.25, -0.2) is 8.78 Å². The van der Waals surface area contributed by atoms with E-state index in [1.165, 1.54) is 44.9 Å². The van der Waals surface area contributed by atoms with Crippen LogP contribution in [-0.4, -0.2) is 0 Å². The van der Waals surface area contributed by atoms with Crippen molar-refractivity contribution < 1.29 is 22.0 Å². The van der Waals surface area contributed by atoms with Gasteiger partial charge in [-0.2, -0.15) is 13.2 Å². The zero-order chi connectivity index (χ0) is 21.7. The molecule has 2 fully saturated rings. The molecule has 0 aliphatic heterocycles. The van der Waals surface area contributed by atoms with Crippen LogP contribution in [0.5, 0.6) is 0 Å². The Kier molecular flexibility index (Phi) is 7.60. The van der Waals surface area contributed by atoms with Crippen LogP contribution in [0.1, 0.15) is 75.8 Å². The highest BCUT2D eigenvalue weighted by molar-refractivity contribution is 5.40. The molecule has 3 rings (SSSR count). The molecule has 0 amide bonds. The van der Waals surface area contributed by atoms with E-state index in [9.17, 15) is 22.0 Å². The summed E-state index contributed by atoms with van der Waals surface area (Å²) in [4.78, 5) is 0. The van der Waals surface area contributed by atoms with Crippen LogP contribution in [0.2, 0.25) is 0 Å². The smallest absolute Gasteiger partial charge is 0.206 e. The van der Waals surface area contributed by atoms with Gasteiger partial charge < -0.3 is 0 Å². The Bertz CT molecular complexity index is 772.